The van der Waals surface area contributed by atoms with Crippen LogP contribution in [0.25, 0.3) is 0 Å². The predicted octanol–water partition coefficient (Wildman–Crippen LogP) is 4.11. The number of nitrogens with two attached hydrogens (primary N) is 1. The van der Waals surface area contributed by atoms with Gasteiger partial charge in [-0.3, -0.25) is 5.32 Å². The molecule has 5 heteroatoms. The van der Waals surface area contributed by atoms with Crippen LogP contribution in [0.15, 0.2) is 48.5 Å². The molecule has 110 valence electrons. The molecule has 0 heterocycles. The highest BCUT2D eigenvalue weighted by molar-refractivity contribution is 6.30. The number of rotatable bonds is 4. The van der Waals surface area contributed by atoms with E-state index in [1.54, 1.807) is 24.3 Å². The van der Waals surface area contributed by atoms with Gasteiger partial charge in [0, 0.05) is 16.8 Å². The van der Waals surface area contributed by atoms with Crippen molar-refractivity contribution in [3.63, 3.8) is 0 Å². The van der Waals surface area contributed by atoms with E-state index in [2.05, 4.69) is 5.32 Å². The number of amides is 1. The van der Waals surface area contributed by atoms with Crippen LogP contribution in [-0.4, -0.2) is 6.09 Å². The number of carbonyl (C=O) groups is 1. The first kappa shape index (κ1) is 15.4. The highest BCUT2D eigenvalue weighted by Gasteiger charge is 2.05. The topological polar surface area (TPSA) is 64.3 Å². The molecular formula is C16H17ClN2O2. The van der Waals surface area contributed by atoms with Crippen LogP contribution in [0.2, 0.25) is 5.02 Å². The Morgan fingerprint density at radius 3 is 2.38 bits per heavy atom. The maximum absolute atomic E-state index is 11.7. The zero-order valence-corrected chi connectivity index (χ0v) is 12.4. The van der Waals surface area contributed by atoms with E-state index in [0.717, 1.165) is 11.1 Å². The van der Waals surface area contributed by atoms with Crippen molar-refractivity contribution < 1.29 is 9.53 Å². The van der Waals surface area contributed by atoms with Gasteiger partial charge in [0.2, 0.25) is 0 Å². The molecule has 21 heavy (non-hydrogen) atoms. The van der Waals surface area contributed by atoms with Gasteiger partial charge in [-0.15, -0.1) is 0 Å². The first-order chi connectivity index (χ1) is 10.0. The van der Waals surface area contributed by atoms with Crippen LogP contribution in [0.1, 0.15) is 24.1 Å². The fraction of sp³-hybridized carbons (Fsp3) is 0.188. The summed E-state index contributed by atoms with van der Waals surface area (Å²) >= 11 is 5.79. The quantitative estimate of drug-likeness (QED) is 0.893. The Kier molecular flexibility index (Phi) is 5.20. The molecule has 0 bridgehead atoms. The van der Waals surface area contributed by atoms with Gasteiger partial charge in [-0.25, -0.2) is 4.79 Å². The number of nitrogens with one attached hydrogen (secondary N) is 1. The van der Waals surface area contributed by atoms with Gasteiger partial charge in [0.1, 0.15) is 6.61 Å². The summed E-state index contributed by atoms with van der Waals surface area (Å²) in [5, 5.41) is 3.31. The molecular weight excluding hydrogens is 288 g/mol. The van der Waals surface area contributed by atoms with Crippen LogP contribution in [-0.2, 0) is 11.3 Å². The molecule has 2 aromatic carbocycles. The van der Waals surface area contributed by atoms with Gasteiger partial charge in [-0.2, -0.15) is 0 Å². The number of anilines is 1. The van der Waals surface area contributed by atoms with E-state index in [0.29, 0.717) is 10.7 Å². The molecule has 3 N–H and O–H groups in total. The lowest BCUT2D eigenvalue weighted by Crippen LogP contribution is -2.13. The predicted molar refractivity (Wildman–Crippen MR) is 84.3 cm³/mol. The highest BCUT2D eigenvalue weighted by atomic mass is 35.5. The van der Waals surface area contributed by atoms with Crippen molar-refractivity contribution in [2.75, 3.05) is 5.32 Å². The Morgan fingerprint density at radius 1 is 1.19 bits per heavy atom. The smallest absolute Gasteiger partial charge is 0.411 e. The normalized spacial score (nSPS) is 11.8. The van der Waals surface area contributed by atoms with Gasteiger partial charge in [-0.05, 0) is 42.3 Å². The number of halogens is 1. The van der Waals surface area contributed by atoms with Crippen molar-refractivity contribution in [3.05, 3.63) is 64.7 Å². The molecule has 0 spiro atoms. The maximum Gasteiger partial charge on any atom is 0.411 e. The van der Waals surface area contributed by atoms with Gasteiger partial charge in [0.05, 0.1) is 0 Å². The number of hydrogen-bond acceptors (Lipinski definition) is 3. The second-order valence-electron chi connectivity index (χ2n) is 4.74. The molecule has 2 rings (SSSR count). The molecule has 0 saturated heterocycles. The molecule has 0 aliphatic carbocycles. The van der Waals surface area contributed by atoms with Crippen LogP contribution < -0.4 is 11.1 Å². The molecule has 1 atom stereocenters. The Balaban J connectivity index is 1.85. The molecule has 4 nitrogen and oxygen atoms in total. The number of ether oxygens (including phenoxy) is 1. The SMILES string of the molecule is C[C@H](N)c1ccc(NC(=O)OCc2ccc(Cl)cc2)cc1. The number of carbonyl (C=O) groups excluding carboxylic acids is 1. The summed E-state index contributed by atoms with van der Waals surface area (Å²) in [5.74, 6) is 0. The fourth-order valence-electron chi connectivity index (χ4n) is 1.75. The molecule has 0 radical (unpaired) electrons. The molecule has 0 aromatic heterocycles. The minimum Gasteiger partial charge on any atom is -0.444 e. The molecule has 0 unspecified atom stereocenters. The zero-order chi connectivity index (χ0) is 15.2. The average molecular weight is 305 g/mol. The van der Waals surface area contributed by atoms with Crippen molar-refractivity contribution in [2.45, 2.75) is 19.6 Å². The van der Waals surface area contributed by atoms with Crippen LogP contribution in [0.3, 0.4) is 0 Å². The van der Waals surface area contributed by atoms with E-state index in [1.165, 1.54) is 0 Å². The van der Waals surface area contributed by atoms with Gasteiger partial charge >= 0.3 is 6.09 Å². The maximum atomic E-state index is 11.7. The molecule has 0 aliphatic heterocycles. The van der Waals surface area contributed by atoms with Crippen molar-refractivity contribution in [1.82, 2.24) is 0 Å². The van der Waals surface area contributed by atoms with Gasteiger partial charge in [0.25, 0.3) is 0 Å². The van der Waals surface area contributed by atoms with Crippen molar-refractivity contribution in [2.24, 2.45) is 5.73 Å². The Morgan fingerprint density at radius 2 is 1.81 bits per heavy atom. The van der Waals surface area contributed by atoms with Crippen LogP contribution in [0.4, 0.5) is 10.5 Å². The minimum absolute atomic E-state index is 0.0316. The summed E-state index contributed by atoms with van der Waals surface area (Å²) < 4.78 is 5.13. The molecule has 0 saturated carbocycles. The molecule has 2 aromatic rings. The lowest BCUT2D eigenvalue weighted by Gasteiger charge is -2.09. The minimum atomic E-state index is -0.501. The monoisotopic (exact) mass is 304 g/mol. The first-order valence-corrected chi connectivity index (χ1v) is 6.96. The van der Waals surface area contributed by atoms with E-state index >= 15 is 0 Å². The van der Waals surface area contributed by atoms with Crippen LogP contribution >= 0.6 is 11.6 Å². The third-order valence-electron chi connectivity index (χ3n) is 2.97. The Hall–Kier alpha value is -2.04. The van der Waals surface area contributed by atoms with Crippen molar-refractivity contribution in [1.29, 1.82) is 0 Å². The molecule has 0 aliphatic rings. The largest absolute Gasteiger partial charge is 0.444 e. The standard InChI is InChI=1S/C16H17ClN2O2/c1-11(18)13-4-8-15(9-5-13)19-16(20)21-10-12-2-6-14(17)7-3-12/h2-9,11H,10,18H2,1H3,(H,19,20)/t11-/m0/s1. The average Bonchev–Trinajstić information content (AvgIpc) is 2.47. The summed E-state index contributed by atoms with van der Waals surface area (Å²) in [6, 6.07) is 14.4. The fourth-order valence-corrected chi connectivity index (χ4v) is 1.88. The van der Waals surface area contributed by atoms with Crippen LogP contribution in [0, 0.1) is 0 Å². The van der Waals surface area contributed by atoms with Gasteiger partial charge < -0.3 is 10.5 Å². The first-order valence-electron chi connectivity index (χ1n) is 6.58. The highest BCUT2D eigenvalue weighted by Crippen LogP contribution is 2.15. The zero-order valence-electron chi connectivity index (χ0n) is 11.7. The number of hydrogen-bond donors (Lipinski definition) is 2. The van der Waals surface area contributed by atoms with E-state index in [9.17, 15) is 4.79 Å². The Bertz CT molecular complexity index is 595. The third kappa shape index (κ3) is 4.77. The second kappa shape index (κ2) is 7.11. The molecule has 1 amide bonds. The van der Waals surface area contributed by atoms with E-state index in [4.69, 9.17) is 22.1 Å². The summed E-state index contributed by atoms with van der Waals surface area (Å²) in [7, 11) is 0. The van der Waals surface area contributed by atoms with Gasteiger partial charge in [0.15, 0.2) is 0 Å². The lowest BCUT2D eigenvalue weighted by atomic mass is 10.1. The molecule has 0 fully saturated rings. The number of benzene rings is 2. The van der Waals surface area contributed by atoms with Crippen LogP contribution in [0.5, 0.6) is 0 Å². The summed E-state index contributed by atoms with van der Waals surface area (Å²) in [6.45, 7) is 2.10. The summed E-state index contributed by atoms with van der Waals surface area (Å²) in [6.07, 6.45) is -0.501. The summed E-state index contributed by atoms with van der Waals surface area (Å²) in [4.78, 5) is 11.7. The van der Waals surface area contributed by atoms with E-state index < -0.39 is 6.09 Å². The Labute approximate surface area is 128 Å². The second-order valence-corrected chi connectivity index (χ2v) is 5.17. The summed E-state index contributed by atoms with van der Waals surface area (Å²) in [5.41, 5.74) is 8.32. The lowest BCUT2D eigenvalue weighted by molar-refractivity contribution is 0.155. The van der Waals surface area contributed by atoms with E-state index in [1.807, 2.05) is 31.2 Å². The van der Waals surface area contributed by atoms with Crippen molar-refractivity contribution in [3.8, 4) is 0 Å². The van der Waals surface area contributed by atoms with Crippen molar-refractivity contribution >= 4 is 23.4 Å². The van der Waals surface area contributed by atoms with Gasteiger partial charge in [-0.1, -0.05) is 35.9 Å². The van der Waals surface area contributed by atoms with E-state index in [-0.39, 0.29) is 12.6 Å². The third-order valence-corrected chi connectivity index (χ3v) is 3.22.